The van der Waals surface area contributed by atoms with Crippen LogP contribution in [-0.2, 0) is 19.0 Å². The van der Waals surface area contributed by atoms with Gasteiger partial charge in [-0.15, -0.1) is 0 Å². The summed E-state index contributed by atoms with van der Waals surface area (Å²) in [5, 5.41) is 9.48. The molecule has 0 aromatic carbocycles. The van der Waals surface area contributed by atoms with Gasteiger partial charge in [0.1, 0.15) is 5.41 Å². The van der Waals surface area contributed by atoms with Gasteiger partial charge >= 0.3 is 5.97 Å². The quantitative estimate of drug-likeness (QED) is 0.659. The van der Waals surface area contributed by atoms with Crippen molar-refractivity contribution in [2.45, 2.75) is 19.4 Å². The smallest absolute Gasteiger partial charge is 0.313 e. The van der Waals surface area contributed by atoms with E-state index in [9.17, 15) is 9.90 Å². The largest absolute Gasteiger partial charge is 0.481 e. The summed E-state index contributed by atoms with van der Waals surface area (Å²) in [6, 6.07) is 0.150. The number of nitrogens with zero attached hydrogens (tertiary/aromatic N) is 1. The van der Waals surface area contributed by atoms with Gasteiger partial charge in [-0.25, -0.2) is 0 Å². The molecule has 0 aromatic rings. The lowest BCUT2D eigenvalue weighted by Gasteiger charge is -2.34. The Kier molecular flexibility index (Phi) is 6.71. The molecular weight excluding hydrogens is 250 g/mol. The number of rotatable bonds is 9. The van der Waals surface area contributed by atoms with Crippen molar-refractivity contribution in [2.24, 2.45) is 5.41 Å². The molecule has 1 N–H and O–H groups in total. The minimum atomic E-state index is -0.796. The average Bonchev–Trinajstić information content (AvgIpc) is 2.84. The van der Waals surface area contributed by atoms with Crippen molar-refractivity contribution in [2.75, 3.05) is 53.7 Å². The minimum absolute atomic E-state index is 0.150. The van der Waals surface area contributed by atoms with E-state index in [0.29, 0.717) is 39.3 Å². The number of ether oxygens (including phenoxy) is 3. The molecule has 2 atom stereocenters. The summed E-state index contributed by atoms with van der Waals surface area (Å²) in [4.78, 5) is 13.7. The highest BCUT2D eigenvalue weighted by Gasteiger charge is 2.44. The van der Waals surface area contributed by atoms with E-state index in [2.05, 4.69) is 4.90 Å². The molecule has 0 spiro atoms. The van der Waals surface area contributed by atoms with Crippen molar-refractivity contribution < 1.29 is 24.1 Å². The topological polar surface area (TPSA) is 68.2 Å². The maximum absolute atomic E-state index is 11.5. The second-order valence-electron chi connectivity index (χ2n) is 5.16. The van der Waals surface area contributed by atoms with E-state index in [-0.39, 0.29) is 12.6 Å². The Morgan fingerprint density at radius 3 is 2.68 bits per heavy atom. The number of carboxylic acid groups (broad SMARTS) is 1. The van der Waals surface area contributed by atoms with E-state index in [1.807, 2.05) is 6.92 Å². The van der Waals surface area contributed by atoms with E-state index >= 15 is 0 Å². The molecule has 1 rings (SSSR count). The predicted molar refractivity (Wildman–Crippen MR) is 70.3 cm³/mol. The van der Waals surface area contributed by atoms with Gasteiger partial charge in [0.05, 0.1) is 19.8 Å². The number of carbonyl (C=O) groups is 1. The highest BCUT2D eigenvalue weighted by Crippen LogP contribution is 2.30. The van der Waals surface area contributed by atoms with Crippen LogP contribution in [0.4, 0.5) is 0 Å². The zero-order valence-electron chi connectivity index (χ0n) is 12.1. The van der Waals surface area contributed by atoms with Crippen LogP contribution in [-0.4, -0.2) is 75.8 Å². The van der Waals surface area contributed by atoms with Crippen molar-refractivity contribution in [3.05, 3.63) is 0 Å². The molecule has 0 bridgehead atoms. The second kappa shape index (κ2) is 7.79. The maximum Gasteiger partial charge on any atom is 0.313 e. The summed E-state index contributed by atoms with van der Waals surface area (Å²) in [5.41, 5.74) is -0.796. The fourth-order valence-corrected chi connectivity index (χ4v) is 2.37. The third-order valence-electron chi connectivity index (χ3n) is 3.68. The highest BCUT2D eigenvalue weighted by molar-refractivity contribution is 5.75. The molecule has 112 valence electrons. The van der Waals surface area contributed by atoms with Gasteiger partial charge in [-0.05, 0) is 13.3 Å². The van der Waals surface area contributed by atoms with Gasteiger partial charge in [0.25, 0.3) is 0 Å². The molecule has 0 aromatic heterocycles. The lowest BCUT2D eigenvalue weighted by atomic mass is 9.86. The van der Waals surface area contributed by atoms with Crippen LogP contribution >= 0.6 is 0 Å². The van der Waals surface area contributed by atoms with Gasteiger partial charge in [-0.3, -0.25) is 9.69 Å². The third kappa shape index (κ3) is 4.42. The highest BCUT2D eigenvalue weighted by atomic mass is 16.5. The van der Waals surface area contributed by atoms with Gasteiger partial charge in [-0.2, -0.15) is 0 Å². The van der Waals surface area contributed by atoms with Crippen LogP contribution in [0.25, 0.3) is 0 Å². The summed E-state index contributed by atoms with van der Waals surface area (Å²) in [5.74, 6) is -0.781. The number of hydrogen-bond donors (Lipinski definition) is 1. The van der Waals surface area contributed by atoms with Crippen LogP contribution in [0.15, 0.2) is 0 Å². The van der Waals surface area contributed by atoms with Crippen LogP contribution in [0.3, 0.4) is 0 Å². The van der Waals surface area contributed by atoms with Crippen molar-refractivity contribution in [1.29, 1.82) is 0 Å². The van der Waals surface area contributed by atoms with Gasteiger partial charge in [0.2, 0.25) is 0 Å². The van der Waals surface area contributed by atoms with Crippen molar-refractivity contribution in [3.63, 3.8) is 0 Å². The number of methoxy groups -OCH3 is 2. The van der Waals surface area contributed by atoms with Crippen molar-refractivity contribution in [3.8, 4) is 0 Å². The molecule has 6 nitrogen and oxygen atoms in total. The lowest BCUT2D eigenvalue weighted by Crippen LogP contribution is -2.49. The van der Waals surface area contributed by atoms with E-state index in [4.69, 9.17) is 14.2 Å². The normalized spacial score (nSPS) is 24.8. The van der Waals surface area contributed by atoms with Crippen LogP contribution < -0.4 is 0 Å². The van der Waals surface area contributed by atoms with Gasteiger partial charge < -0.3 is 19.3 Å². The zero-order valence-corrected chi connectivity index (χ0v) is 12.1. The van der Waals surface area contributed by atoms with Gasteiger partial charge in [-0.1, -0.05) is 0 Å². The van der Waals surface area contributed by atoms with Gasteiger partial charge in [0.15, 0.2) is 0 Å². The molecule has 19 heavy (non-hydrogen) atoms. The van der Waals surface area contributed by atoms with E-state index in [1.54, 1.807) is 14.2 Å². The summed E-state index contributed by atoms with van der Waals surface area (Å²) in [7, 11) is 3.29. The average molecular weight is 275 g/mol. The van der Waals surface area contributed by atoms with Crippen molar-refractivity contribution in [1.82, 2.24) is 4.90 Å². The Morgan fingerprint density at radius 2 is 2.21 bits per heavy atom. The zero-order chi connectivity index (χ0) is 14.3. The fourth-order valence-electron chi connectivity index (χ4n) is 2.37. The Labute approximate surface area is 114 Å². The Bertz CT molecular complexity index is 278. The van der Waals surface area contributed by atoms with Crippen LogP contribution in [0.1, 0.15) is 13.3 Å². The summed E-state index contributed by atoms with van der Waals surface area (Å²) >= 11 is 0. The molecule has 1 aliphatic rings. The summed E-state index contributed by atoms with van der Waals surface area (Å²) in [6.45, 7) is 5.14. The molecule has 2 unspecified atom stereocenters. The number of hydrogen-bond acceptors (Lipinski definition) is 5. The van der Waals surface area contributed by atoms with Crippen LogP contribution in [0.2, 0.25) is 0 Å². The monoisotopic (exact) mass is 275 g/mol. The first-order valence-electron chi connectivity index (χ1n) is 6.59. The Morgan fingerprint density at radius 1 is 1.47 bits per heavy atom. The molecule has 0 saturated carbocycles. The van der Waals surface area contributed by atoms with E-state index < -0.39 is 11.4 Å². The third-order valence-corrected chi connectivity index (χ3v) is 3.68. The Balaban J connectivity index is 2.70. The van der Waals surface area contributed by atoms with E-state index in [0.717, 1.165) is 0 Å². The fraction of sp³-hybridized carbons (Fsp3) is 0.923. The molecule has 6 heteroatoms. The molecule has 0 aliphatic carbocycles. The Hall–Kier alpha value is -0.690. The number of carboxylic acids is 1. The van der Waals surface area contributed by atoms with Crippen molar-refractivity contribution >= 4 is 5.97 Å². The predicted octanol–water partition coefficient (Wildman–Crippen LogP) is 0.461. The molecule has 1 saturated heterocycles. The summed E-state index contributed by atoms with van der Waals surface area (Å²) in [6.07, 6.45) is 0.561. The second-order valence-corrected chi connectivity index (χ2v) is 5.16. The first kappa shape index (κ1) is 16.4. The lowest BCUT2D eigenvalue weighted by molar-refractivity contribution is -0.150. The maximum atomic E-state index is 11.5. The first-order chi connectivity index (χ1) is 9.05. The molecule has 1 heterocycles. The number of aliphatic carboxylic acids is 1. The van der Waals surface area contributed by atoms with Crippen LogP contribution in [0, 0.1) is 5.41 Å². The molecule has 0 amide bonds. The SMILES string of the molecule is COCCN(CC1(C(=O)O)CCOC1)C(C)COC. The van der Waals surface area contributed by atoms with Gasteiger partial charge in [0, 0.05) is 40.0 Å². The molecule has 1 aliphatic heterocycles. The van der Waals surface area contributed by atoms with E-state index in [1.165, 1.54) is 0 Å². The standard InChI is InChI=1S/C13H25NO5/c1-11(8-18-3)14(5-7-17-2)9-13(12(15)16)4-6-19-10-13/h11H,4-10H2,1-3H3,(H,15,16). The van der Waals surface area contributed by atoms with Crippen LogP contribution in [0.5, 0.6) is 0 Å². The molecular formula is C13H25NO5. The first-order valence-corrected chi connectivity index (χ1v) is 6.59. The molecule has 0 radical (unpaired) electrons. The molecule has 1 fully saturated rings. The minimum Gasteiger partial charge on any atom is -0.481 e. The summed E-state index contributed by atoms with van der Waals surface area (Å²) < 4.78 is 15.6.